The maximum absolute atomic E-state index is 4.69. The van der Waals surface area contributed by atoms with Crippen LogP contribution in [-0.2, 0) is 12.8 Å². The Bertz CT molecular complexity index is 844. The Kier molecular flexibility index (Phi) is 7.18. The van der Waals surface area contributed by atoms with E-state index in [9.17, 15) is 0 Å². The van der Waals surface area contributed by atoms with Gasteiger partial charge in [0.25, 0.3) is 0 Å². The van der Waals surface area contributed by atoms with E-state index in [1.165, 1.54) is 19.6 Å². The summed E-state index contributed by atoms with van der Waals surface area (Å²) in [7, 11) is 0. The van der Waals surface area contributed by atoms with E-state index in [1.54, 1.807) is 22.7 Å². The second-order valence-electron chi connectivity index (χ2n) is 6.37. The molecule has 2 heterocycles. The van der Waals surface area contributed by atoms with Gasteiger partial charge in [0.2, 0.25) is 0 Å². The Hall–Kier alpha value is -1.99. The molecule has 3 rings (SSSR count). The van der Waals surface area contributed by atoms with Gasteiger partial charge in [-0.3, -0.25) is 4.99 Å². The lowest BCUT2D eigenvalue weighted by Gasteiger charge is -2.10. The Balaban J connectivity index is 1.45. The molecule has 144 valence electrons. The maximum atomic E-state index is 4.69. The molecule has 27 heavy (non-hydrogen) atoms. The minimum atomic E-state index is 0.792. The number of rotatable bonds is 8. The van der Waals surface area contributed by atoms with E-state index in [0.717, 1.165) is 56.1 Å². The molecule has 1 aromatic carbocycles. The summed E-state index contributed by atoms with van der Waals surface area (Å²) in [6.07, 6.45) is 2.90. The smallest absolute Gasteiger partial charge is 0.191 e. The van der Waals surface area contributed by atoms with Gasteiger partial charge in [-0.25, -0.2) is 9.97 Å². The van der Waals surface area contributed by atoms with Crippen LogP contribution in [0.2, 0.25) is 0 Å². The number of hydrogen-bond acceptors (Lipinski definition) is 5. The van der Waals surface area contributed by atoms with Crippen molar-refractivity contribution in [3.05, 3.63) is 44.9 Å². The summed E-state index contributed by atoms with van der Waals surface area (Å²) in [5.74, 6) is 0.881. The summed E-state index contributed by atoms with van der Waals surface area (Å²) in [5, 5.41) is 9.10. The van der Waals surface area contributed by atoms with Crippen molar-refractivity contribution >= 4 is 38.8 Å². The molecular formula is C20H27N5S2. The Labute approximate surface area is 169 Å². The number of nitrogens with one attached hydrogen (secondary N) is 2. The molecule has 0 saturated heterocycles. The lowest BCUT2D eigenvalue weighted by molar-refractivity contribution is 0.773. The number of guanidine groups is 1. The van der Waals surface area contributed by atoms with E-state index >= 15 is 0 Å². The molecule has 0 radical (unpaired) electrons. The minimum absolute atomic E-state index is 0.792. The molecule has 0 aliphatic heterocycles. The second kappa shape index (κ2) is 9.80. The zero-order valence-corrected chi connectivity index (χ0v) is 17.8. The fraction of sp³-hybridized carbons (Fsp3) is 0.450. The van der Waals surface area contributed by atoms with Gasteiger partial charge in [0.15, 0.2) is 5.96 Å². The SMILES string of the molecule is CCNC(=NCCCc1nc2ccccc2s1)NCCc1nc(C)c(C)s1. The van der Waals surface area contributed by atoms with Crippen LogP contribution in [0, 0.1) is 13.8 Å². The molecule has 0 amide bonds. The number of para-hydroxylation sites is 1. The first kappa shape index (κ1) is 19.8. The van der Waals surface area contributed by atoms with Crippen LogP contribution in [0.15, 0.2) is 29.3 Å². The fourth-order valence-corrected chi connectivity index (χ4v) is 4.67. The highest BCUT2D eigenvalue weighted by Gasteiger charge is 2.05. The van der Waals surface area contributed by atoms with Crippen molar-refractivity contribution in [1.29, 1.82) is 0 Å². The molecule has 5 nitrogen and oxygen atoms in total. The van der Waals surface area contributed by atoms with Gasteiger partial charge in [0, 0.05) is 37.4 Å². The zero-order valence-electron chi connectivity index (χ0n) is 16.2. The number of aryl methyl sites for hydroxylation is 3. The van der Waals surface area contributed by atoms with Crippen LogP contribution in [0.3, 0.4) is 0 Å². The first-order valence-electron chi connectivity index (χ1n) is 9.45. The van der Waals surface area contributed by atoms with Crippen LogP contribution >= 0.6 is 22.7 Å². The predicted molar refractivity (Wildman–Crippen MR) is 117 cm³/mol. The number of benzene rings is 1. The molecule has 0 spiro atoms. The minimum Gasteiger partial charge on any atom is -0.357 e. The second-order valence-corrected chi connectivity index (χ2v) is 8.77. The molecule has 3 aromatic rings. The standard InChI is InChI=1S/C20H27N5S2/c1-4-21-20(23-13-11-19-24-14(2)15(3)26-19)22-12-7-10-18-25-16-8-5-6-9-17(16)27-18/h5-6,8-9H,4,7,10-13H2,1-3H3,(H2,21,22,23). The molecule has 2 N–H and O–H groups in total. The number of nitrogens with zero attached hydrogens (tertiary/aromatic N) is 3. The molecule has 7 heteroatoms. The van der Waals surface area contributed by atoms with E-state index in [2.05, 4.69) is 54.6 Å². The summed E-state index contributed by atoms with van der Waals surface area (Å²) >= 11 is 3.57. The average molecular weight is 402 g/mol. The van der Waals surface area contributed by atoms with Gasteiger partial charge in [0.1, 0.15) is 0 Å². The van der Waals surface area contributed by atoms with Crippen molar-refractivity contribution in [1.82, 2.24) is 20.6 Å². The van der Waals surface area contributed by atoms with E-state index < -0.39 is 0 Å². The lowest BCUT2D eigenvalue weighted by atomic mass is 10.3. The molecule has 0 aliphatic carbocycles. The van der Waals surface area contributed by atoms with Gasteiger partial charge in [-0.15, -0.1) is 22.7 Å². The predicted octanol–water partition coefficient (Wildman–Crippen LogP) is 4.10. The summed E-state index contributed by atoms with van der Waals surface area (Å²) in [6.45, 7) is 8.78. The number of fused-ring (bicyclic) bond motifs is 1. The van der Waals surface area contributed by atoms with Gasteiger partial charge < -0.3 is 10.6 Å². The average Bonchev–Trinajstić information content (AvgIpc) is 3.21. The summed E-state index contributed by atoms with van der Waals surface area (Å²) in [6, 6.07) is 8.31. The third-order valence-corrected chi connectivity index (χ3v) is 6.43. The lowest BCUT2D eigenvalue weighted by Crippen LogP contribution is -2.38. The van der Waals surface area contributed by atoms with E-state index in [4.69, 9.17) is 9.98 Å². The third-order valence-electron chi connectivity index (χ3n) is 4.21. The van der Waals surface area contributed by atoms with Crippen molar-refractivity contribution in [3.63, 3.8) is 0 Å². The summed E-state index contributed by atoms with van der Waals surface area (Å²) in [5.41, 5.74) is 2.24. The van der Waals surface area contributed by atoms with Crippen LogP contribution in [0.5, 0.6) is 0 Å². The number of aliphatic imine (C=N–C) groups is 1. The van der Waals surface area contributed by atoms with E-state index in [0.29, 0.717) is 0 Å². The first-order valence-corrected chi connectivity index (χ1v) is 11.1. The van der Waals surface area contributed by atoms with Gasteiger partial charge in [-0.05, 0) is 39.3 Å². The highest BCUT2D eigenvalue weighted by atomic mass is 32.1. The molecule has 0 saturated carbocycles. The third kappa shape index (κ3) is 5.74. The van der Waals surface area contributed by atoms with Crippen molar-refractivity contribution in [2.45, 2.75) is 40.0 Å². The number of hydrogen-bond donors (Lipinski definition) is 2. The molecular weight excluding hydrogens is 374 g/mol. The monoisotopic (exact) mass is 401 g/mol. The van der Waals surface area contributed by atoms with Gasteiger partial charge in [-0.2, -0.15) is 0 Å². The van der Waals surface area contributed by atoms with E-state index in [1.807, 2.05) is 6.07 Å². The van der Waals surface area contributed by atoms with Crippen molar-refractivity contribution in [2.24, 2.45) is 4.99 Å². The highest BCUT2D eigenvalue weighted by Crippen LogP contribution is 2.22. The topological polar surface area (TPSA) is 62.2 Å². The fourth-order valence-electron chi connectivity index (χ4n) is 2.72. The zero-order chi connectivity index (χ0) is 19.1. The summed E-state index contributed by atoms with van der Waals surface area (Å²) in [4.78, 5) is 15.3. The first-order chi connectivity index (χ1) is 13.2. The maximum Gasteiger partial charge on any atom is 0.191 e. The largest absolute Gasteiger partial charge is 0.357 e. The van der Waals surface area contributed by atoms with Gasteiger partial charge >= 0.3 is 0 Å². The van der Waals surface area contributed by atoms with Crippen LogP contribution in [0.25, 0.3) is 10.2 Å². The van der Waals surface area contributed by atoms with E-state index in [-0.39, 0.29) is 0 Å². The summed E-state index contributed by atoms with van der Waals surface area (Å²) < 4.78 is 1.26. The van der Waals surface area contributed by atoms with Crippen LogP contribution in [0.1, 0.15) is 33.9 Å². The highest BCUT2D eigenvalue weighted by molar-refractivity contribution is 7.18. The van der Waals surface area contributed by atoms with Crippen molar-refractivity contribution < 1.29 is 0 Å². The van der Waals surface area contributed by atoms with Crippen LogP contribution in [0.4, 0.5) is 0 Å². The Morgan fingerprint density at radius 3 is 2.59 bits per heavy atom. The quantitative estimate of drug-likeness (QED) is 0.339. The van der Waals surface area contributed by atoms with Crippen molar-refractivity contribution in [3.8, 4) is 0 Å². The molecule has 2 aromatic heterocycles. The molecule has 0 bridgehead atoms. The van der Waals surface area contributed by atoms with Crippen LogP contribution in [-0.4, -0.2) is 35.6 Å². The van der Waals surface area contributed by atoms with Crippen LogP contribution < -0.4 is 10.6 Å². The molecule has 0 atom stereocenters. The molecule has 0 fully saturated rings. The molecule has 0 unspecified atom stereocenters. The molecule has 0 aliphatic rings. The van der Waals surface area contributed by atoms with Gasteiger partial charge in [0.05, 0.1) is 25.9 Å². The number of aromatic nitrogens is 2. The Morgan fingerprint density at radius 2 is 1.85 bits per heavy atom. The normalized spacial score (nSPS) is 11.9. The Morgan fingerprint density at radius 1 is 1.04 bits per heavy atom. The van der Waals surface area contributed by atoms with Crippen molar-refractivity contribution in [2.75, 3.05) is 19.6 Å². The number of thiazole rings is 2. The van der Waals surface area contributed by atoms with Gasteiger partial charge in [-0.1, -0.05) is 12.1 Å².